The summed E-state index contributed by atoms with van der Waals surface area (Å²) >= 11 is 1.91. The van der Waals surface area contributed by atoms with E-state index in [4.69, 9.17) is 5.84 Å². The maximum Gasteiger partial charge on any atom is 0.254 e. The van der Waals surface area contributed by atoms with Crippen LogP contribution < -0.4 is 11.3 Å². The van der Waals surface area contributed by atoms with Gasteiger partial charge in [-0.1, -0.05) is 20.8 Å². The molecule has 0 radical (unpaired) electrons. The molecule has 116 valence electrons. The molecule has 1 amide bonds. The molecule has 0 aliphatic carbocycles. The lowest BCUT2D eigenvalue weighted by Gasteiger charge is -2.23. The first-order valence-electron chi connectivity index (χ1n) is 7.28. The number of amides is 1. The van der Waals surface area contributed by atoms with Gasteiger partial charge < -0.3 is 10.3 Å². The van der Waals surface area contributed by atoms with Gasteiger partial charge in [0.15, 0.2) is 0 Å². The zero-order valence-electron chi connectivity index (χ0n) is 13.0. The molecule has 0 unspecified atom stereocenters. The first kappa shape index (κ1) is 16.1. The highest BCUT2D eigenvalue weighted by Gasteiger charge is 2.22. The Morgan fingerprint density at radius 3 is 2.76 bits per heavy atom. The van der Waals surface area contributed by atoms with Gasteiger partial charge in [0.05, 0.1) is 0 Å². The maximum atomic E-state index is 12.7. The Morgan fingerprint density at radius 1 is 1.33 bits per heavy atom. The number of pyridine rings is 1. The minimum Gasteiger partial charge on any atom is -0.338 e. The molecule has 0 aromatic carbocycles. The van der Waals surface area contributed by atoms with E-state index in [-0.39, 0.29) is 11.3 Å². The molecule has 0 saturated carbocycles. The summed E-state index contributed by atoms with van der Waals surface area (Å²) in [6, 6.07) is 3.62. The van der Waals surface area contributed by atoms with Crippen LogP contribution in [0.15, 0.2) is 12.1 Å². The fraction of sp³-hybridized carbons (Fsp3) is 0.600. The van der Waals surface area contributed by atoms with Crippen molar-refractivity contribution in [2.75, 3.05) is 30.0 Å². The van der Waals surface area contributed by atoms with E-state index in [1.54, 1.807) is 6.07 Å². The van der Waals surface area contributed by atoms with Crippen LogP contribution in [0.4, 0.5) is 5.82 Å². The van der Waals surface area contributed by atoms with Crippen LogP contribution >= 0.6 is 11.8 Å². The molecule has 1 aromatic rings. The largest absolute Gasteiger partial charge is 0.338 e. The summed E-state index contributed by atoms with van der Waals surface area (Å²) in [7, 11) is 0. The molecule has 1 aliphatic heterocycles. The number of anilines is 1. The van der Waals surface area contributed by atoms with Crippen molar-refractivity contribution >= 4 is 23.5 Å². The Morgan fingerprint density at radius 2 is 2.10 bits per heavy atom. The molecule has 1 aliphatic rings. The fourth-order valence-electron chi connectivity index (χ4n) is 2.24. The van der Waals surface area contributed by atoms with Crippen molar-refractivity contribution in [2.45, 2.75) is 32.6 Å². The smallest absolute Gasteiger partial charge is 0.254 e. The van der Waals surface area contributed by atoms with Crippen molar-refractivity contribution in [3.05, 3.63) is 23.4 Å². The molecule has 3 N–H and O–H groups in total. The normalized spacial score (nSPS) is 16.5. The van der Waals surface area contributed by atoms with Crippen LogP contribution in [0.25, 0.3) is 0 Å². The lowest BCUT2D eigenvalue weighted by atomic mass is 9.90. The van der Waals surface area contributed by atoms with Crippen molar-refractivity contribution in [3.8, 4) is 0 Å². The average molecular weight is 308 g/mol. The van der Waals surface area contributed by atoms with E-state index < -0.39 is 0 Å². The molecule has 0 atom stereocenters. The molecule has 2 heterocycles. The molecule has 6 heteroatoms. The summed E-state index contributed by atoms with van der Waals surface area (Å²) in [5, 5.41) is 0. The van der Waals surface area contributed by atoms with Crippen LogP contribution in [0.3, 0.4) is 0 Å². The average Bonchev–Trinajstić information content (AvgIpc) is 2.74. The molecule has 21 heavy (non-hydrogen) atoms. The summed E-state index contributed by atoms with van der Waals surface area (Å²) < 4.78 is 0. The highest BCUT2D eigenvalue weighted by atomic mass is 32.2. The fourth-order valence-corrected chi connectivity index (χ4v) is 3.13. The van der Waals surface area contributed by atoms with E-state index >= 15 is 0 Å². The number of hydrogen-bond acceptors (Lipinski definition) is 5. The molecule has 1 aromatic heterocycles. The van der Waals surface area contributed by atoms with Gasteiger partial charge >= 0.3 is 0 Å². The Kier molecular flexibility index (Phi) is 5.11. The zero-order chi connectivity index (χ0) is 15.5. The monoisotopic (exact) mass is 308 g/mol. The topological polar surface area (TPSA) is 71.2 Å². The van der Waals surface area contributed by atoms with Gasteiger partial charge in [-0.05, 0) is 24.3 Å². The van der Waals surface area contributed by atoms with E-state index in [1.165, 1.54) is 0 Å². The van der Waals surface area contributed by atoms with Crippen LogP contribution in [0.1, 0.15) is 43.2 Å². The first-order chi connectivity index (χ1) is 9.91. The first-order valence-corrected chi connectivity index (χ1v) is 8.43. The zero-order valence-corrected chi connectivity index (χ0v) is 13.8. The predicted molar refractivity (Wildman–Crippen MR) is 88.6 cm³/mol. The van der Waals surface area contributed by atoms with Gasteiger partial charge in [0, 0.05) is 35.5 Å². The Hall–Kier alpha value is -1.27. The SMILES string of the molecule is CC(C)(C)c1cc(C(=O)N2CCCSCC2)cc(NN)n1. The molecule has 2 rings (SSSR count). The van der Waals surface area contributed by atoms with E-state index in [1.807, 2.05) is 22.7 Å². The number of aromatic nitrogens is 1. The molecule has 0 bridgehead atoms. The summed E-state index contributed by atoms with van der Waals surface area (Å²) in [5.41, 5.74) is 3.96. The summed E-state index contributed by atoms with van der Waals surface area (Å²) in [6.07, 6.45) is 1.05. The second-order valence-corrected chi connectivity index (χ2v) is 7.50. The van der Waals surface area contributed by atoms with E-state index in [0.29, 0.717) is 11.4 Å². The number of nitrogens with one attached hydrogen (secondary N) is 1. The molecule has 0 spiro atoms. The van der Waals surface area contributed by atoms with Crippen LogP contribution in [0, 0.1) is 0 Å². The lowest BCUT2D eigenvalue weighted by molar-refractivity contribution is 0.0768. The highest BCUT2D eigenvalue weighted by molar-refractivity contribution is 7.99. The van der Waals surface area contributed by atoms with Crippen molar-refractivity contribution in [2.24, 2.45) is 5.84 Å². The number of carbonyl (C=O) groups excluding carboxylic acids is 1. The lowest BCUT2D eigenvalue weighted by Crippen LogP contribution is -2.33. The van der Waals surface area contributed by atoms with Gasteiger partial charge in [0.2, 0.25) is 0 Å². The van der Waals surface area contributed by atoms with Gasteiger partial charge in [0.1, 0.15) is 5.82 Å². The number of carbonyl (C=O) groups is 1. The van der Waals surface area contributed by atoms with Crippen LogP contribution in [-0.2, 0) is 5.41 Å². The van der Waals surface area contributed by atoms with Gasteiger partial charge in [0.25, 0.3) is 5.91 Å². The number of thioether (sulfide) groups is 1. The van der Waals surface area contributed by atoms with E-state index in [0.717, 1.165) is 36.7 Å². The number of nitrogens with two attached hydrogens (primary N) is 1. The summed E-state index contributed by atoms with van der Waals surface area (Å²) in [5.74, 6) is 8.23. The quantitative estimate of drug-likeness (QED) is 0.647. The molecule has 1 saturated heterocycles. The van der Waals surface area contributed by atoms with Crippen LogP contribution in [0.2, 0.25) is 0 Å². The Labute approximate surface area is 130 Å². The predicted octanol–water partition coefficient (Wildman–Crippen LogP) is 2.24. The third-order valence-electron chi connectivity index (χ3n) is 3.50. The highest BCUT2D eigenvalue weighted by Crippen LogP contribution is 2.24. The Bertz CT molecular complexity index is 505. The van der Waals surface area contributed by atoms with E-state index in [9.17, 15) is 4.79 Å². The second-order valence-electron chi connectivity index (χ2n) is 6.28. The van der Waals surface area contributed by atoms with Crippen molar-refractivity contribution in [1.82, 2.24) is 9.88 Å². The minimum absolute atomic E-state index is 0.0712. The number of rotatable bonds is 2. The van der Waals surface area contributed by atoms with Crippen LogP contribution in [-0.4, -0.2) is 40.4 Å². The third-order valence-corrected chi connectivity index (χ3v) is 4.55. The minimum atomic E-state index is -0.128. The summed E-state index contributed by atoms with van der Waals surface area (Å²) in [4.78, 5) is 19.1. The standard InChI is InChI=1S/C15H24N4OS/c1-15(2,3)12-9-11(10-13(17-12)18-16)14(20)19-5-4-7-21-8-6-19/h9-10H,4-8,16H2,1-3H3,(H,17,18). The van der Waals surface area contributed by atoms with Crippen molar-refractivity contribution in [3.63, 3.8) is 0 Å². The maximum absolute atomic E-state index is 12.7. The second kappa shape index (κ2) is 6.66. The molecule has 1 fully saturated rings. The Balaban J connectivity index is 2.31. The number of hydrogen-bond donors (Lipinski definition) is 2. The molecule has 5 nitrogen and oxygen atoms in total. The third kappa shape index (κ3) is 4.11. The van der Waals surface area contributed by atoms with Gasteiger partial charge in [-0.3, -0.25) is 4.79 Å². The van der Waals surface area contributed by atoms with Crippen LogP contribution in [0.5, 0.6) is 0 Å². The van der Waals surface area contributed by atoms with Gasteiger partial charge in [-0.25, -0.2) is 10.8 Å². The van der Waals surface area contributed by atoms with Gasteiger partial charge in [-0.2, -0.15) is 11.8 Å². The van der Waals surface area contributed by atoms with Crippen molar-refractivity contribution in [1.29, 1.82) is 0 Å². The van der Waals surface area contributed by atoms with E-state index in [2.05, 4.69) is 31.2 Å². The number of nitrogens with zero attached hydrogens (tertiary/aromatic N) is 2. The molecular weight excluding hydrogens is 284 g/mol. The number of hydrazine groups is 1. The number of nitrogen functional groups attached to an aromatic ring is 1. The van der Waals surface area contributed by atoms with Gasteiger partial charge in [-0.15, -0.1) is 0 Å². The summed E-state index contributed by atoms with van der Waals surface area (Å²) in [6.45, 7) is 7.86. The molecular formula is C15H24N4OS. The van der Waals surface area contributed by atoms with Crippen molar-refractivity contribution < 1.29 is 4.79 Å².